The van der Waals surface area contributed by atoms with Crippen molar-refractivity contribution in [1.82, 2.24) is 19.7 Å². The van der Waals surface area contributed by atoms with E-state index in [4.69, 9.17) is 22.1 Å². The van der Waals surface area contributed by atoms with Gasteiger partial charge in [0.25, 0.3) is 0 Å². The second kappa shape index (κ2) is 6.53. The molecule has 2 N–H and O–H groups in total. The van der Waals surface area contributed by atoms with E-state index in [1.165, 1.54) is 18.1 Å². The average Bonchev–Trinajstić information content (AvgIpc) is 2.86. The number of hydrogen-bond acceptors (Lipinski definition) is 7. The average molecular weight is 378 g/mol. The molecule has 3 rings (SSSR count). The first-order valence-corrected chi connectivity index (χ1v) is 8.60. The maximum atomic E-state index is 12.5. The van der Waals surface area contributed by atoms with Crippen molar-refractivity contribution < 1.29 is 9.53 Å². The summed E-state index contributed by atoms with van der Waals surface area (Å²) in [4.78, 5) is 21.4. The summed E-state index contributed by atoms with van der Waals surface area (Å²) in [6, 6.07) is 7.29. The maximum absolute atomic E-state index is 12.5. The third kappa shape index (κ3) is 3.85. The van der Waals surface area contributed by atoms with Crippen molar-refractivity contribution in [2.45, 2.75) is 36.3 Å². The van der Waals surface area contributed by atoms with Gasteiger partial charge < -0.3 is 10.5 Å². The highest BCUT2D eigenvalue weighted by Gasteiger charge is 2.24. The molecule has 0 spiro atoms. The van der Waals surface area contributed by atoms with Crippen LogP contribution in [-0.2, 0) is 4.74 Å². The molecule has 0 aliphatic heterocycles. The highest BCUT2D eigenvalue weighted by atomic mass is 35.5. The first kappa shape index (κ1) is 17.5. The van der Waals surface area contributed by atoms with Crippen molar-refractivity contribution in [3.63, 3.8) is 0 Å². The quantitative estimate of drug-likeness (QED) is 0.720. The van der Waals surface area contributed by atoms with E-state index < -0.39 is 11.7 Å². The summed E-state index contributed by atoms with van der Waals surface area (Å²) in [5.74, 6) is 0.240. The zero-order valence-corrected chi connectivity index (χ0v) is 15.4. The minimum atomic E-state index is -0.659. The Bertz CT molecular complexity index is 951. The van der Waals surface area contributed by atoms with E-state index in [0.717, 1.165) is 9.58 Å². The van der Waals surface area contributed by atoms with E-state index in [1.54, 1.807) is 32.9 Å². The van der Waals surface area contributed by atoms with Crippen molar-refractivity contribution in [1.29, 1.82) is 0 Å². The number of nitrogens with two attached hydrogens (primary N) is 1. The molecule has 0 fully saturated rings. The van der Waals surface area contributed by atoms with Gasteiger partial charge in [0.1, 0.15) is 22.8 Å². The van der Waals surface area contributed by atoms with Crippen molar-refractivity contribution in [2.24, 2.45) is 0 Å². The van der Waals surface area contributed by atoms with E-state index in [0.29, 0.717) is 21.1 Å². The predicted octanol–water partition coefficient (Wildman–Crippen LogP) is 4.00. The van der Waals surface area contributed by atoms with Crippen molar-refractivity contribution in [3.8, 4) is 0 Å². The predicted molar refractivity (Wildman–Crippen MR) is 96.9 cm³/mol. The van der Waals surface area contributed by atoms with Crippen molar-refractivity contribution in [3.05, 3.63) is 35.6 Å². The topological polar surface area (TPSA) is 95.9 Å². The van der Waals surface area contributed by atoms with Gasteiger partial charge in [-0.3, -0.25) is 0 Å². The van der Waals surface area contributed by atoms with Crippen molar-refractivity contribution >= 4 is 46.3 Å². The molecule has 0 bridgehead atoms. The fraction of sp³-hybridized carbons (Fsp3) is 0.250. The normalized spacial score (nSPS) is 11.7. The van der Waals surface area contributed by atoms with Gasteiger partial charge in [-0.1, -0.05) is 29.4 Å². The van der Waals surface area contributed by atoms with Crippen LogP contribution in [0.1, 0.15) is 20.8 Å². The lowest BCUT2D eigenvalue weighted by Gasteiger charge is -2.18. The highest BCUT2D eigenvalue weighted by molar-refractivity contribution is 7.99. The number of aromatic nitrogens is 4. The van der Waals surface area contributed by atoms with Crippen LogP contribution in [0.2, 0.25) is 5.02 Å². The molecule has 7 nitrogen and oxygen atoms in total. The number of halogens is 1. The van der Waals surface area contributed by atoms with Crippen LogP contribution >= 0.6 is 23.4 Å². The summed E-state index contributed by atoms with van der Waals surface area (Å²) >= 11 is 7.34. The van der Waals surface area contributed by atoms with Gasteiger partial charge in [0.2, 0.25) is 0 Å². The fourth-order valence-corrected chi connectivity index (χ4v) is 3.32. The lowest BCUT2D eigenvalue weighted by Crippen LogP contribution is -2.27. The second-order valence-corrected chi connectivity index (χ2v) is 7.71. The number of nitrogen functional groups attached to an aromatic ring is 1. The molecule has 0 saturated carbocycles. The number of rotatable bonds is 2. The monoisotopic (exact) mass is 377 g/mol. The summed E-state index contributed by atoms with van der Waals surface area (Å²) in [5.41, 5.74) is 5.62. The molecule has 0 unspecified atom stereocenters. The molecule has 2 aromatic heterocycles. The maximum Gasteiger partial charge on any atom is 0.437 e. The third-order valence-corrected chi connectivity index (χ3v) is 4.24. The van der Waals surface area contributed by atoms with E-state index in [1.807, 2.05) is 12.1 Å². The molecule has 0 saturated heterocycles. The summed E-state index contributed by atoms with van der Waals surface area (Å²) < 4.78 is 6.49. The van der Waals surface area contributed by atoms with Gasteiger partial charge in [-0.05, 0) is 39.0 Å². The first-order chi connectivity index (χ1) is 11.7. The summed E-state index contributed by atoms with van der Waals surface area (Å²) in [6.07, 6.45) is 0.655. The zero-order valence-electron chi connectivity index (χ0n) is 13.9. The van der Waals surface area contributed by atoms with Crippen LogP contribution in [-0.4, -0.2) is 31.4 Å². The molecular formula is C16H16ClN5O2S. The molecule has 2 heterocycles. The molecule has 9 heteroatoms. The highest BCUT2D eigenvalue weighted by Crippen LogP contribution is 2.35. The van der Waals surface area contributed by atoms with Crippen LogP contribution in [0.3, 0.4) is 0 Å². The molecule has 0 radical (unpaired) electrons. The van der Waals surface area contributed by atoms with Crippen LogP contribution < -0.4 is 5.73 Å². The van der Waals surface area contributed by atoms with E-state index in [2.05, 4.69) is 15.1 Å². The molecule has 0 aliphatic rings. The number of ether oxygens (including phenoxy) is 1. The van der Waals surface area contributed by atoms with Crippen molar-refractivity contribution in [2.75, 3.05) is 5.73 Å². The molecule has 0 atom stereocenters. The Hall–Kier alpha value is -2.32. The second-order valence-electron chi connectivity index (χ2n) is 6.21. The summed E-state index contributed by atoms with van der Waals surface area (Å²) in [5, 5.41) is 5.94. The minimum absolute atomic E-state index is 0.240. The van der Waals surface area contributed by atoms with Gasteiger partial charge in [0, 0.05) is 9.92 Å². The Morgan fingerprint density at radius 2 is 2.08 bits per heavy atom. The van der Waals surface area contributed by atoms with Gasteiger partial charge in [-0.25, -0.2) is 14.8 Å². The SMILES string of the molecule is CC(C)(C)OC(=O)n1nc(Sc2cccc(Cl)c2)c2c(N)ncnc21. The van der Waals surface area contributed by atoms with Crippen LogP contribution in [0.4, 0.5) is 10.6 Å². The molecule has 0 aliphatic carbocycles. The fourth-order valence-electron chi connectivity index (χ4n) is 2.09. The molecular weight excluding hydrogens is 362 g/mol. The van der Waals surface area contributed by atoms with E-state index in [9.17, 15) is 4.79 Å². The number of benzene rings is 1. The standard InChI is InChI=1S/C16H16ClN5O2S/c1-16(2,3)24-15(23)22-13-11(12(18)19-8-20-13)14(21-22)25-10-6-4-5-9(17)7-10/h4-8H,1-3H3,(H2,18,19,20). The Labute approximate surface area is 153 Å². The third-order valence-electron chi connectivity index (χ3n) is 3.04. The molecule has 130 valence electrons. The molecule has 3 aromatic rings. The Morgan fingerprint density at radius 3 is 2.76 bits per heavy atom. The Balaban J connectivity index is 2.08. The van der Waals surface area contributed by atoms with E-state index in [-0.39, 0.29) is 5.82 Å². The summed E-state index contributed by atoms with van der Waals surface area (Å²) in [6.45, 7) is 5.34. The number of hydrogen-bond donors (Lipinski definition) is 1. The number of anilines is 1. The van der Waals surface area contributed by atoms with Crippen LogP contribution in [0.5, 0.6) is 0 Å². The minimum Gasteiger partial charge on any atom is -0.442 e. The lowest BCUT2D eigenvalue weighted by atomic mass is 10.2. The number of fused-ring (bicyclic) bond motifs is 1. The Morgan fingerprint density at radius 1 is 1.32 bits per heavy atom. The smallest absolute Gasteiger partial charge is 0.437 e. The van der Waals surface area contributed by atoms with Gasteiger partial charge in [-0.2, -0.15) is 5.10 Å². The molecule has 0 amide bonds. The number of carbonyl (C=O) groups is 1. The summed E-state index contributed by atoms with van der Waals surface area (Å²) in [7, 11) is 0. The van der Waals surface area contributed by atoms with Gasteiger partial charge in [0.05, 0.1) is 5.39 Å². The first-order valence-electron chi connectivity index (χ1n) is 7.40. The largest absolute Gasteiger partial charge is 0.442 e. The van der Waals surface area contributed by atoms with Gasteiger partial charge in [-0.15, -0.1) is 4.68 Å². The lowest BCUT2D eigenvalue weighted by molar-refractivity contribution is 0.0520. The van der Waals surface area contributed by atoms with Gasteiger partial charge >= 0.3 is 6.09 Å². The van der Waals surface area contributed by atoms with Crippen LogP contribution in [0.25, 0.3) is 11.0 Å². The Kier molecular flexibility index (Phi) is 4.57. The molecule has 25 heavy (non-hydrogen) atoms. The van der Waals surface area contributed by atoms with Crippen LogP contribution in [0.15, 0.2) is 40.5 Å². The molecule has 1 aromatic carbocycles. The van der Waals surface area contributed by atoms with Crippen LogP contribution in [0, 0.1) is 0 Å². The van der Waals surface area contributed by atoms with E-state index >= 15 is 0 Å². The number of nitrogens with zero attached hydrogens (tertiary/aromatic N) is 4. The zero-order chi connectivity index (χ0) is 18.2. The van der Waals surface area contributed by atoms with Gasteiger partial charge in [0.15, 0.2) is 5.65 Å². The number of carbonyl (C=O) groups excluding carboxylic acids is 1.